The van der Waals surface area contributed by atoms with Crippen LogP contribution >= 0.6 is 68.0 Å². The van der Waals surface area contributed by atoms with Crippen LogP contribution in [0.15, 0.2) is 47.2 Å². The van der Waals surface area contributed by atoms with Gasteiger partial charge in [0.1, 0.15) is 0 Å². The molecule has 0 bridgehead atoms. The third-order valence-electron chi connectivity index (χ3n) is 13.6. The van der Waals surface area contributed by atoms with Gasteiger partial charge in [-0.1, -0.05) is 157 Å². The topological polar surface area (TPSA) is 0 Å². The molecule has 6 aromatic heterocycles. The van der Waals surface area contributed by atoms with E-state index in [-0.39, 0.29) is 0 Å². The van der Waals surface area contributed by atoms with Gasteiger partial charge in [-0.3, -0.25) is 0 Å². The van der Waals surface area contributed by atoms with Crippen LogP contribution in [-0.2, 0) is 38.5 Å². The Labute approximate surface area is 428 Å². The SMILES string of the molecule is CCCCCCc1csc(-c2sc(-c3sc(-c4sc(-c5sc(-c6sccc6CCCCCC)cc5CCCCCC)cc4CCCCCC)cc3CCCCCC)cc2CCCCCC)c1. The van der Waals surface area contributed by atoms with Crippen molar-refractivity contribution in [3.05, 3.63) is 80.5 Å². The van der Waals surface area contributed by atoms with Crippen LogP contribution in [0.2, 0.25) is 0 Å². The monoisotopic (exact) mass is 999 g/mol. The highest BCUT2D eigenvalue weighted by Crippen LogP contribution is 2.51. The fraction of sp³-hybridized carbons (Fsp3) is 0.600. The van der Waals surface area contributed by atoms with E-state index in [9.17, 15) is 0 Å². The highest BCUT2D eigenvalue weighted by Gasteiger charge is 2.24. The van der Waals surface area contributed by atoms with Crippen LogP contribution in [0.5, 0.6) is 0 Å². The van der Waals surface area contributed by atoms with Crippen molar-refractivity contribution in [2.75, 3.05) is 0 Å². The second-order valence-electron chi connectivity index (χ2n) is 19.3. The number of unbranched alkanes of at least 4 members (excludes halogenated alkanes) is 18. The molecule has 0 fully saturated rings. The molecule has 0 nitrogen and oxygen atoms in total. The molecule has 0 radical (unpaired) electrons. The van der Waals surface area contributed by atoms with Gasteiger partial charge in [0.25, 0.3) is 0 Å². The molecule has 0 saturated carbocycles. The molecule has 6 heteroatoms. The van der Waals surface area contributed by atoms with Crippen LogP contribution < -0.4 is 0 Å². The van der Waals surface area contributed by atoms with E-state index in [1.807, 2.05) is 22.7 Å². The van der Waals surface area contributed by atoms with Crippen molar-refractivity contribution in [1.82, 2.24) is 0 Å². The lowest BCUT2D eigenvalue weighted by atomic mass is 10.0. The van der Waals surface area contributed by atoms with E-state index < -0.39 is 0 Å². The van der Waals surface area contributed by atoms with E-state index >= 15 is 0 Å². The summed E-state index contributed by atoms with van der Waals surface area (Å²) in [6.07, 6.45) is 38.8. The number of thiophene rings is 6. The van der Waals surface area contributed by atoms with E-state index in [1.54, 1.807) is 52.9 Å². The molecule has 0 atom stereocenters. The Hall–Kier alpha value is -1.80. The fourth-order valence-corrected chi connectivity index (χ4v) is 17.0. The minimum absolute atomic E-state index is 1.19. The molecule has 0 spiro atoms. The third-order valence-corrected chi connectivity index (χ3v) is 21.1. The van der Waals surface area contributed by atoms with Gasteiger partial charge in [-0.15, -0.1) is 68.0 Å². The standard InChI is InChI=1S/C60H86S6/c1-7-13-19-25-31-45-39-51(62-44-45)57-47(33-27-21-15-9-3)41-53(64-57)59-49(35-29-23-17-11-5)43-55(66-59)60-50(36-30-24-18-12-6)42-54(65-60)58-48(34-28-22-16-10-4)40-52(63-58)56-46(37-38-61-56)32-26-20-14-8-2/h37-44H,7-36H2,1-6H3. The Balaban J connectivity index is 1.40. The Kier molecular flexibility index (Phi) is 24.4. The smallest absolute Gasteiger partial charge is 0.0481 e. The molecule has 66 heavy (non-hydrogen) atoms. The number of hydrogen-bond acceptors (Lipinski definition) is 6. The molecule has 0 unspecified atom stereocenters. The molecule has 362 valence electrons. The van der Waals surface area contributed by atoms with Crippen molar-refractivity contribution in [2.24, 2.45) is 0 Å². The van der Waals surface area contributed by atoms with Crippen LogP contribution in [0.25, 0.3) is 48.8 Å². The first-order valence-corrected chi connectivity index (χ1v) is 32.2. The largest absolute Gasteiger partial charge is 0.143 e. The molecule has 0 saturated heterocycles. The summed E-state index contributed by atoms with van der Waals surface area (Å²) in [5, 5.41) is 4.83. The lowest BCUT2D eigenvalue weighted by Gasteiger charge is -2.02. The van der Waals surface area contributed by atoms with E-state index in [4.69, 9.17) is 0 Å². The molecule has 6 heterocycles. The Morgan fingerprint density at radius 1 is 0.288 bits per heavy atom. The van der Waals surface area contributed by atoms with Crippen LogP contribution in [0.4, 0.5) is 0 Å². The predicted molar refractivity (Wildman–Crippen MR) is 308 cm³/mol. The van der Waals surface area contributed by atoms with Gasteiger partial charge in [0, 0.05) is 48.8 Å². The van der Waals surface area contributed by atoms with Gasteiger partial charge in [0.05, 0.1) is 0 Å². The summed E-state index contributed by atoms with van der Waals surface area (Å²) < 4.78 is 0. The normalized spacial score (nSPS) is 11.8. The molecule has 6 rings (SSSR count). The average Bonchev–Trinajstić information content (AvgIpc) is 4.20. The highest BCUT2D eigenvalue weighted by molar-refractivity contribution is 7.30. The van der Waals surface area contributed by atoms with Gasteiger partial charge in [-0.25, -0.2) is 0 Å². The lowest BCUT2D eigenvalue weighted by molar-refractivity contribution is 0.667. The van der Waals surface area contributed by atoms with Gasteiger partial charge < -0.3 is 0 Å². The molecule has 0 aliphatic carbocycles. The summed E-state index contributed by atoms with van der Waals surface area (Å²) in [6.45, 7) is 14.0. The van der Waals surface area contributed by atoms with Crippen LogP contribution in [0, 0.1) is 0 Å². The van der Waals surface area contributed by atoms with Crippen LogP contribution in [0.3, 0.4) is 0 Å². The van der Waals surface area contributed by atoms with Gasteiger partial charge in [0.2, 0.25) is 0 Å². The average molecular weight is 1000 g/mol. The first kappa shape index (κ1) is 53.5. The molecule has 0 aliphatic rings. The highest BCUT2D eigenvalue weighted by atomic mass is 32.1. The number of rotatable bonds is 35. The van der Waals surface area contributed by atoms with Crippen LogP contribution in [-0.4, -0.2) is 0 Å². The third kappa shape index (κ3) is 15.9. The second kappa shape index (κ2) is 30.1. The Bertz CT molecular complexity index is 2220. The molecular formula is C60H86S6. The second-order valence-corrected chi connectivity index (χ2v) is 25.4. The molecule has 0 amide bonds. The van der Waals surface area contributed by atoms with Crippen molar-refractivity contribution in [2.45, 2.75) is 234 Å². The van der Waals surface area contributed by atoms with E-state index in [1.165, 1.54) is 222 Å². The summed E-state index contributed by atoms with van der Waals surface area (Å²) in [4.78, 5) is 15.4. The van der Waals surface area contributed by atoms with Gasteiger partial charge in [-0.05, 0) is 158 Å². The predicted octanol–water partition coefficient (Wildman–Crippen LogP) is 23.1. The Morgan fingerprint density at radius 2 is 0.606 bits per heavy atom. The first-order valence-electron chi connectivity index (χ1n) is 27.2. The Morgan fingerprint density at radius 3 is 0.970 bits per heavy atom. The summed E-state index contributed by atoms with van der Waals surface area (Å²) in [7, 11) is 0. The summed E-state index contributed by atoms with van der Waals surface area (Å²) in [5.74, 6) is 0. The maximum Gasteiger partial charge on any atom is 0.0481 e. The van der Waals surface area contributed by atoms with E-state index in [0.717, 1.165) is 0 Å². The maximum atomic E-state index is 2.68. The zero-order chi connectivity index (χ0) is 46.4. The number of hydrogen-bond donors (Lipinski definition) is 0. The molecule has 0 aliphatic heterocycles. The van der Waals surface area contributed by atoms with Crippen molar-refractivity contribution < 1.29 is 0 Å². The van der Waals surface area contributed by atoms with E-state index in [0.29, 0.717) is 0 Å². The number of aryl methyl sites for hydroxylation is 6. The van der Waals surface area contributed by atoms with Crippen LogP contribution in [0.1, 0.15) is 229 Å². The molecule has 0 N–H and O–H groups in total. The summed E-state index contributed by atoms with van der Waals surface area (Å²) in [6, 6.07) is 15.6. The zero-order valence-corrected chi connectivity index (χ0v) is 47.2. The van der Waals surface area contributed by atoms with Crippen molar-refractivity contribution in [1.29, 1.82) is 0 Å². The van der Waals surface area contributed by atoms with E-state index in [2.05, 4.69) is 134 Å². The van der Waals surface area contributed by atoms with Gasteiger partial charge >= 0.3 is 0 Å². The quantitative estimate of drug-likeness (QED) is 0.0348. The fourth-order valence-electron chi connectivity index (χ4n) is 9.58. The minimum Gasteiger partial charge on any atom is -0.143 e. The van der Waals surface area contributed by atoms with Crippen molar-refractivity contribution in [3.63, 3.8) is 0 Å². The molecular weight excluding hydrogens is 913 g/mol. The van der Waals surface area contributed by atoms with Crippen molar-refractivity contribution >= 4 is 68.0 Å². The van der Waals surface area contributed by atoms with Gasteiger partial charge in [-0.2, -0.15) is 0 Å². The maximum absolute atomic E-state index is 2.68. The van der Waals surface area contributed by atoms with Gasteiger partial charge in [0.15, 0.2) is 0 Å². The summed E-state index contributed by atoms with van der Waals surface area (Å²) in [5.41, 5.74) is 9.52. The molecule has 0 aromatic carbocycles. The zero-order valence-electron chi connectivity index (χ0n) is 42.3. The minimum atomic E-state index is 1.19. The lowest BCUT2D eigenvalue weighted by Crippen LogP contribution is -1.87. The first-order chi connectivity index (χ1) is 32.5. The van der Waals surface area contributed by atoms with Crippen molar-refractivity contribution in [3.8, 4) is 48.8 Å². The summed E-state index contributed by atoms with van der Waals surface area (Å²) >= 11 is 12.5. The molecule has 6 aromatic rings.